The second-order valence-corrected chi connectivity index (χ2v) is 14.0. The molecular weight excluding hydrogens is 494 g/mol. The maximum Gasteiger partial charge on any atom is -1.00 e. The zero-order chi connectivity index (χ0) is 19.2. The third-order valence-corrected chi connectivity index (χ3v) is 12.6. The van der Waals surface area contributed by atoms with E-state index in [0.29, 0.717) is 3.63 Å². The van der Waals surface area contributed by atoms with Crippen molar-refractivity contribution in [3.63, 3.8) is 0 Å². The number of hydrogen-bond donors (Lipinski definition) is 0. The summed E-state index contributed by atoms with van der Waals surface area (Å²) in [5, 5.41) is 0. The average molecular weight is 527 g/mol. The summed E-state index contributed by atoms with van der Waals surface area (Å²) >= 11 is -0.882. The summed E-state index contributed by atoms with van der Waals surface area (Å²) in [5.41, 5.74) is 8.71. The van der Waals surface area contributed by atoms with Crippen molar-refractivity contribution in [1.29, 1.82) is 0 Å². The van der Waals surface area contributed by atoms with Crippen LogP contribution in [0.3, 0.4) is 0 Å². The first-order valence-corrected chi connectivity index (χ1v) is 15.6. The molecule has 0 aromatic heterocycles. The molecule has 1 aliphatic carbocycles. The molecular formula is C24H32Cl2OSiZr. The monoisotopic (exact) mass is 524 g/mol. The van der Waals surface area contributed by atoms with Gasteiger partial charge in [-0.15, -0.1) is 0 Å². The van der Waals surface area contributed by atoms with Crippen LogP contribution in [0.25, 0.3) is 17.2 Å². The molecule has 0 saturated carbocycles. The zero-order valence-electron chi connectivity index (χ0n) is 18.0. The molecule has 0 radical (unpaired) electrons. The summed E-state index contributed by atoms with van der Waals surface area (Å²) in [6.07, 6.45) is 9.10. The largest absolute Gasteiger partial charge is 1.00 e. The molecule has 0 fully saturated rings. The molecule has 0 heterocycles. The molecule has 0 bridgehead atoms. The van der Waals surface area contributed by atoms with Gasteiger partial charge in [0.05, 0.1) is 0 Å². The molecule has 1 nitrogen and oxygen atoms in total. The van der Waals surface area contributed by atoms with E-state index in [9.17, 15) is 0 Å². The number of fused-ring (bicyclic) bond motifs is 1. The van der Waals surface area contributed by atoms with Crippen molar-refractivity contribution in [2.45, 2.75) is 62.7 Å². The molecule has 156 valence electrons. The molecule has 0 amide bonds. The quantitative estimate of drug-likeness (QED) is 0.351. The molecule has 29 heavy (non-hydrogen) atoms. The standard InChI is InChI=1S/C22H25.C2H7OSi.2ClH.Zr/c1-3-4-5-6-8-18-15-20-9-7-10-21(22(20)16-18)19-13-11-17(2)12-14-19;1-4(2)3;;;/h7,9-16H,3-6,8H2,1-2H3;4H,1-2H3;2*1H;/q;-1;;;+3/p-2. The summed E-state index contributed by atoms with van der Waals surface area (Å²) < 4.78 is 6.99. The van der Waals surface area contributed by atoms with Gasteiger partial charge in [0, 0.05) is 0 Å². The van der Waals surface area contributed by atoms with Crippen molar-refractivity contribution in [1.82, 2.24) is 0 Å². The Morgan fingerprint density at radius 2 is 1.69 bits per heavy atom. The van der Waals surface area contributed by atoms with Gasteiger partial charge in [0.15, 0.2) is 0 Å². The topological polar surface area (TPSA) is 9.23 Å². The van der Waals surface area contributed by atoms with Gasteiger partial charge in [-0.1, -0.05) is 0 Å². The van der Waals surface area contributed by atoms with Gasteiger partial charge >= 0.3 is 180 Å². The summed E-state index contributed by atoms with van der Waals surface area (Å²) in [5.74, 6) is 0. The molecule has 1 atom stereocenters. The van der Waals surface area contributed by atoms with Crippen LogP contribution in [0.4, 0.5) is 0 Å². The third kappa shape index (κ3) is 7.18. The van der Waals surface area contributed by atoms with Gasteiger partial charge in [0.1, 0.15) is 0 Å². The van der Waals surface area contributed by atoms with Gasteiger partial charge in [-0.05, 0) is 0 Å². The van der Waals surface area contributed by atoms with Crippen LogP contribution in [0.2, 0.25) is 13.1 Å². The average Bonchev–Trinajstić information content (AvgIpc) is 3.02. The predicted molar refractivity (Wildman–Crippen MR) is 116 cm³/mol. The Kier molecular flexibility index (Phi) is 12.3. The Labute approximate surface area is 203 Å². The molecule has 1 aliphatic rings. The molecule has 5 heteroatoms. The molecule has 2 aromatic carbocycles. The van der Waals surface area contributed by atoms with Crippen LogP contribution in [-0.4, -0.2) is 9.04 Å². The van der Waals surface area contributed by atoms with E-state index in [1.165, 1.54) is 54.4 Å². The first kappa shape index (κ1) is 26.9. The summed E-state index contributed by atoms with van der Waals surface area (Å²) in [7, 11) is -0.936. The maximum absolute atomic E-state index is 6.37. The molecule has 0 spiro atoms. The van der Waals surface area contributed by atoms with E-state index in [1.807, 2.05) is 0 Å². The van der Waals surface area contributed by atoms with Gasteiger partial charge in [0.2, 0.25) is 0 Å². The fourth-order valence-electron chi connectivity index (χ4n) is 3.76. The van der Waals surface area contributed by atoms with Gasteiger partial charge in [-0.2, -0.15) is 0 Å². The second-order valence-electron chi connectivity index (χ2n) is 7.92. The van der Waals surface area contributed by atoms with Crippen LogP contribution in [0, 0.1) is 6.92 Å². The van der Waals surface area contributed by atoms with Crippen LogP contribution >= 0.6 is 0 Å². The summed E-state index contributed by atoms with van der Waals surface area (Å²) in [4.78, 5) is 0. The fraction of sp³-hybridized carbons (Fsp3) is 0.417. The molecule has 1 unspecified atom stereocenters. The second kappa shape index (κ2) is 13.3. The minimum absolute atomic E-state index is 0. The molecule has 0 aliphatic heterocycles. The van der Waals surface area contributed by atoms with Gasteiger partial charge in [-0.25, -0.2) is 0 Å². The molecule has 0 N–H and O–H groups in total. The van der Waals surface area contributed by atoms with Crippen LogP contribution < -0.4 is 24.8 Å². The number of hydrogen-bond acceptors (Lipinski definition) is 1. The van der Waals surface area contributed by atoms with E-state index in [0.717, 1.165) is 0 Å². The Balaban J connectivity index is 0.00000210. The number of halogens is 2. The smallest absolute Gasteiger partial charge is 1.00 e. The van der Waals surface area contributed by atoms with Crippen molar-refractivity contribution in [2.24, 2.45) is 0 Å². The number of benzene rings is 2. The van der Waals surface area contributed by atoms with Crippen molar-refractivity contribution in [3.05, 3.63) is 64.7 Å². The van der Waals surface area contributed by atoms with E-state index in [1.54, 1.807) is 11.1 Å². The molecule has 0 saturated heterocycles. The van der Waals surface area contributed by atoms with Crippen LogP contribution in [0.1, 0.15) is 59.3 Å². The first-order valence-electron chi connectivity index (χ1n) is 10.4. The summed E-state index contributed by atoms with van der Waals surface area (Å²) in [6, 6.07) is 15.9. The van der Waals surface area contributed by atoms with Gasteiger partial charge in [0.25, 0.3) is 0 Å². The van der Waals surface area contributed by atoms with Crippen molar-refractivity contribution >= 4 is 15.1 Å². The number of unbranched alkanes of at least 4 members (excludes halogenated alkanes) is 3. The number of aryl methyl sites for hydroxylation is 1. The van der Waals surface area contributed by atoms with Crippen molar-refractivity contribution in [2.75, 3.05) is 0 Å². The number of rotatable bonds is 9. The van der Waals surface area contributed by atoms with E-state index < -0.39 is 32.7 Å². The van der Waals surface area contributed by atoms with E-state index in [4.69, 9.17) is 2.50 Å². The SMILES string of the molecule is CCCCCCC1=Cc2c(-c3ccc(C)cc3)cccc2[CH]1[Zr+2][O][SiH](C)C.[Cl-].[Cl-]. The Hall–Kier alpha value is -0.180. The number of allylic oxidation sites excluding steroid dienone is 1. The minimum Gasteiger partial charge on any atom is -1.00 e. The Morgan fingerprint density at radius 3 is 2.34 bits per heavy atom. The van der Waals surface area contributed by atoms with Gasteiger partial charge in [-0.3, -0.25) is 0 Å². The van der Waals surface area contributed by atoms with Crippen LogP contribution in [0.15, 0.2) is 48.0 Å². The van der Waals surface area contributed by atoms with Crippen LogP contribution in [0.5, 0.6) is 0 Å². The van der Waals surface area contributed by atoms with Crippen molar-refractivity contribution < 1.29 is 51.0 Å². The van der Waals surface area contributed by atoms with Gasteiger partial charge < -0.3 is 24.8 Å². The summed E-state index contributed by atoms with van der Waals surface area (Å²) in [6.45, 7) is 9.06. The normalized spacial score (nSPS) is 14.5. The van der Waals surface area contributed by atoms with E-state index in [2.05, 4.69) is 75.5 Å². The molecule has 3 rings (SSSR count). The van der Waals surface area contributed by atoms with E-state index in [-0.39, 0.29) is 24.8 Å². The van der Waals surface area contributed by atoms with Crippen molar-refractivity contribution in [3.8, 4) is 11.1 Å². The predicted octanol–water partition coefficient (Wildman–Crippen LogP) is 1.08. The molecule has 2 aromatic rings. The first-order chi connectivity index (χ1) is 13.1. The Bertz CT molecular complexity index is 790. The zero-order valence-corrected chi connectivity index (χ0v) is 23.1. The van der Waals surface area contributed by atoms with Crippen LogP contribution in [-0.2, 0) is 26.2 Å². The third-order valence-electron chi connectivity index (χ3n) is 5.25. The fourth-order valence-corrected chi connectivity index (χ4v) is 9.05. The minimum atomic E-state index is -0.936. The Morgan fingerprint density at radius 1 is 0.966 bits per heavy atom. The van der Waals surface area contributed by atoms with E-state index >= 15 is 0 Å². The maximum atomic E-state index is 6.37.